The number of nitrogens with zero attached hydrogens (tertiary/aromatic N) is 3. The number of hydrogen-bond acceptors (Lipinski definition) is 6. The Hall–Kier alpha value is -2.94. The SMILES string of the molecule is Cc1cc([N+](=O)[O-])nn1COc1ccc(C(=O)NN)cc1. The number of nitrogen functional groups attached to an aromatic ring is 1. The minimum atomic E-state index is -0.566. The van der Waals surface area contributed by atoms with Crippen LogP contribution in [0.1, 0.15) is 16.1 Å². The summed E-state index contributed by atoms with van der Waals surface area (Å²) >= 11 is 0. The smallest absolute Gasteiger partial charge is 0.390 e. The van der Waals surface area contributed by atoms with Gasteiger partial charge in [-0.25, -0.2) is 5.84 Å². The van der Waals surface area contributed by atoms with Crippen LogP contribution in [0, 0.1) is 17.0 Å². The highest BCUT2D eigenvalue weighted by molar-refractivity contribution is 5.93. The molecule has 0 fully saturated rings. The number of carbonyl (C=O) groups excluding carboxylic acids is 1. The van der Waals surface area contributed by atoms with E-state index in [9.17, 15) is 14.9 Å². The zero-order valence-corrected chi connectivity index (χ0v) is 11.1. The minimum absolute atomic E-state index is 0.0299. The van der Waals surface area contributed by atoms with Crippen LogP contribution in [0.3, 0.4) is 0 Å². The number of hydrazine groups is 1. The average molecular weight is 291 g/mol. The molecule has 0 unspecified atom stereocenters. The molecule has 2 rings (SSSR count). The Morgan fingerprint density at radius 2 is 2.14 bits per heavy atom. The van der Waals surface area contributed by atoms with Gasteiger partial charge in [-0.2, -0.15) is 0 Å². The lowest BCUT2D eigenvalue weighted by Crippen LogP contribution is -2.29. The third-order valence-corrected chi connectivity index (χ3v) is 2.76. The lowest BCUT2D eigenvalue weighted by Gasteiger charge is -2.06. The number of amides is 1. The number of aryl methyl sites for hydroxylation is 1. The first kappa shape index (κ1) is 14.5. The molecule has 21 heavy (non-hydrogen) atoms. The number of rotatable bonds is 5. The molecule has 110 valence electrons. The van der Waals surface area contributed by atoms with Gasteiger partial charge in [0, 0.05) is 5.56 Å². The van der Waals surface area contributed by atoms with Gasteiger partial charge in [-0.05, 0) is 36.1 Å². The van der Waals surface area contributed by atoms with Gasteiger partial charge in [-0.15, -0.1) is 4.68 Å². The lowest BCUT2D eigenvalue weighted by molar-refractivity contribution is -0.389. The predicted octanol–water partition coefficient (Wildman–Crippen LogP) is 0.740. The van der Waals surface area contributed by atoms with Crippen LogP contribution >= 0.6 is 0 Å². The Bertz CT molecular complexity index is 665. The first-order valence-electron chi connectivity index (χ1n) is 5.94. The van der Waals surface area contributed by atoms with E-state index >= 15 is 0 Å². The number of aromatic nitrogens is 2. The van der Waals surface area contributed by atoms with Gasteiger partial charge in [-0.1, -0.05) is 0 Å². The molecule has 0 atom stereocenters. The van der Waals surface area contributed by atoms with Crippen LogP contribution < -0.4 is 16.0 Å². The van der Waals surface area contributed by atoms with E-state index in [1.807, 2.05) is 5.43 Å². The molecule has 2 aromatic rings. The van der Waals surface area contributed by atoms with Crippen molar-refractivity contribution >= 4 is 11.7 Å². The highest BCUT2D eigenvalue weighted by Gasteiger charge is 2.15. The lowest BCUT2D eigenvalue weighted by atomic mass is 10.2. The standard InChI is InChI=1S/C12H13N5O4/c1-8-6-11(17(19)20)15-16(8)7-21-10-4-2-9(3-5-10)12(18)14-13/h2-6H,7,13H2,1H3,(H,14,18). The summed E-state index contributed by atoms with van der Waals surface area (Å²) in [6.07, 6.45) is 0. The summed E-state index contributed by atoms with van der Waals surface area (Å²) in [4.78, 5) is 21.3. The number of nitrogens with two attached hydrogens (primary N) is 1. The maximum absolute atomic E-state index is 11.3. The zero-order chi connectivity index (χ0) is 15.4. The maximum Gasteiger partial charge on any atom is 0.390 e. The Morgan fingerprint density at radius 3 is 2.67 bits per heavy atom. The third kappa shape index (κ3) is 3.34. The molecule has 0 aliphatic carbocycles. The van der Waals surface area contributed by atoms with Crippen molar-refractivity contribution in [1.29, 1.82) is 0 Å². The van der Waals surface area contributed by atoms with Crippen LogP contribution in [0.2, 0.25) is 0 Å². The van der Waals surface area contributed by atoms with Gasteiger partial charge >= 0.3 is 5.82 Å². The molecule has 1 aromatic carbocycles. The van der Waals surface area contributed by atoms with Crippen molar-refractivity contribution in [2.75, 3.05) is 0 Å². The van der Waals surface area contributed by atoms with Crippen LogP contribution in [-0.2, 0) is 6.73 Å². The molecule has 0 radical (unpaired) electrons. The van der Waals surface area contributed by atoms with E-state index in [4.69, 9.17) is 10.6 Å². The summed E-state index contributed by atoms with van der Waals surface area (Å²) in [6.45, 7) is 1.72. The number of nitrogens with one attached hydrogen (secondary N) is 1. The minimum Gasteiger partial charge on any atom is -0.469 e. The Kier molecular flexibility index (Phi) is 4.14. The summed E-state index contributed by atoms with van der Waals surface area (Å²) < 4.78 is 6.82. The fourth-order valence-electron chi connectivity index (χ4n) is 1.63. The van der Waals surface area contributed by atoms with Crippen molar-refractivity contribution in [3.05, 3.63) is 51.7 Å². The molecule has 9 nitrogen and oxygen atoms in total. The number of nitro groups is 1. The van der Waals surface area contributed by atoms with Crippen LogP contribution in [0.4, 0.5) is 5.82 Å². The van der Waals surface area contributed by atoms with Gasteiger partial charge in [0.2, 0.25) is 6.73 Å². The summed E-state index contributed by atoms with van der Waals surface area (Å²) in [6, 6.07) is 7.65. The molecule has 0 spiro atoms. The van der Waals surface area contributed by atoms with Crippen molar-refractivity contribution in [2.24, 2.45) is 5.84 Å². The summed E-state index contributed by atoms with van der Waals surface area (Å²) in [5.41, 5.74) is 3.03. The molecule has 3 N–H and O–H groups in total. The topological polar surface area (TPSA) is 125 Å². The van der Waals surface area contributed by atoms with Gasteiger partial charge in [-0.3, -0.25) is 10.2 Å². The number of benzene rings is 1. The second-order valence-corrected chi connectivity index (χ2v) is 4.17. The van der Waals surface area contributed by atoms with E-state index in [-0.39, 0.29) is 12.5 Å². The average Bonchev–Trinajstić information content (AvgIpc) is 2.86. The Labute approximate surface area is 119 Å². The van der Waals surface area contributed by atoms with Crippen molar-refractivity contribution in [3.63, 3.8) is 0 Å². The summed E-state index contributed by atoms with van der Waals surface area (Å²) in [5, 5.41) is 14.4. The van der Waals surface area contributed by atoms with Crippen molar-refractivity contribution < 1.29 is 14.5 Å². The maximum atomic E-state index is 11.3. The van der Waals surface area contributed by atoms with Gasteiger partial charge in [0.15, 0.2) is 0 Å². The summed E-state index contributed by atoms with van der Waals surface area (Å²) in [7, 11) is 0. The molecule has 0 saturated carbocycles. The molecule has 1 heterocycles. The molecule has 0 aliphatic heterocycles. The van der Waals surface area contributed by atoms with Crippen LogP contribution in [-0.4, -0.2) is 20.6 Å². The molecule has 1 amide bonds. The molecule has 0 saturated heterocycles. The summed E-state index contributed by atoms with van der Waals surface area (Å²) in [5.74, 6) is 4.89. The fourth-order valence-corrected chi connectivity index (χ4v) is 1.63. The van der Waals surface area contributed by atoms with Gasteiger partial charge in [0.25, 0.3) is 5.91 Å². The quantitative estimate of drug-likeness (QED) is 0.362. The molecule has 0 aliphatic rings. The van der Waals surface area contributed by atoms with E-state index < -0.39 is 10.8 Å². The van der Waals surface area contributed by atoms with Gasteiger partial charge in [0.05, 0.1) is 16.9 Å². The van der Waals surface area contributed by atoms with Gasteiger partial charge < -0.3 is 14.9 Å². The molecule has 9 heteroatoms. The normalized spacial score (nSPS) is 10.2. The predicted molar refractivity (Wildman–Crippen MR) is 72.3 cm³/mol. The van der Waals surface area contributed by atoms with Crippen LogP contribution in [0.15, 0.2) is 30.3 Å². The Balaban J connectivity index is 2.03. The van der Waals surface area contributed by atoms with Gasteiger partial charge in [0.1, 0.15) is 5.75 Å². The first-order chi connectivity index (χ1) is 10.0. The molecule has 0 bridgehead atoms. The molecular weight excluding hydrogens is 278 g/mol. The fraction of sp³-hybridized carbons (Fsp3) is 0.167. The highest BCUT2D eigenvalue weighted by atomic mass is 16.6. The first-order valence-corrected chi connectivity index (χ1v) is 5.94. The van der Waals surface area contributed by atoms with Crippen molar-refractivity contribution in [2.45, 2.75) is 13.7 Å². The monoisotopic (exact) mass is 291 g/mol. The number of ether oxygens (including phenoxy) is 1. The van der Waals surface area contributed by atoms with E-state index in [1.165, 1.54) is 10.7 Å². The third-order valence-electron chi connectivity index (χ3n) is 2.76. The van der Waals surface area contributed by atoms with E-state index in [1.54, 1.807) is 31.2 Å². The molecular formula is C12H13N5O4. The van der Waals surface area contributed by atoms with Crippen molar-refractivity contribution in [1.82, 2.24) is 15.2 Å². The largest absolute Gasteiger partial charge is 0.469 e. The van der Waals surface area contributed by atoms with E-state index in [0.717, 1.165) is 0 Å². The van der Waals surface area contributed by atoms with Crippen LogP contribution in [0.25, 0.3) is 0 Å². The van der Waals surface area contributed by atoms with Crippen LogP contribution in [0.5, 0.6) is 5.75 Å². The second-order valence-electron chi connectivity index (χ2n) is 4.17. The van der Waals surface area contributed by atoms with E-state index in [2.05, 4.69) is 5.10 Å². The zero-order valence-electron chi connectivity index (χ0n) is 11.1. The van der Waals surface area contributed by atoms with E-state index in [0.29, 0.717) is 17.0 Å². The molecule has 1 aromatic heterocycles. The number of carbonyl (C=O) groups is 1. The van der Waals surface area contributed by atoms with Crippen molar-refractivity contribution in [3.8, 4) is 5.75 Å². The number of hydrogen-bond donors (Lipinski definition) is 2. The Morgan fingerprint density at radius 1 is 1.48 bits per heavy atom. The second kappa shape index (κ2) is 6.01. The highest BCUT2D eigenvalue weighted by Crippen LogP contribution is 2.15.